The highest BCUT2D eigenvalue weighted by Crippen LogP contribution is 2.31. The number of hydrogen-bond acceptors (Lipinski definition) is 8. The van der Waals surface area contributed by atoms with Crippen molar-refractivity contribution in [2.24, 2.45) is 7.05 Å². The van der Waals surface area contributed by atoms with Gasteiger partial charge in [0.1, 0.15) is 5.82 Å². The molecule has 1 saturated heterocycles. The molecule has 0 N–H and O–H groups in total. The maximum atomic E-state index is 11.0. The van der Waals surface area contributed by atoms with Crippen molar-refractivity contribution in [1.29, 1.82) is 0 Å². The van der Waals surface area contributed by atoms with E-state index in [1.165, 1.54) is 12.1 Å². The molecule has 10 heteroatoms. The van der Waals surface area contributed by atoms with Gasteiger partial charge in [0, 0.05) is 62.3 Å². The average molecular weight is 421 g/mol. The second kappa shape index (κ2) is 7.95. The molecule has 0 saturated carbocycles. The van der Waals surface area contributed by atoms with Crippen molar-refractivity contribution >= 4 is 17.5 Å². The summed E-state index contributed by atoms with van der Waals surface area (Å²) in [7, 11) is 1.99. The number of nitro groups is 1. The maximum absolute atomic E-state index is 11.0. The van der Waals surface area contributed by atoms with Crippen molar-refractivity contribution in [2.75, 3.05) is 42.6 Å². The van der Waals surface area contributed by atoms with E-state index in [2.05, 4.69) is 14.8 Å². The van der Waals surface area contributed by atoms with Crippen molar-refractivity contribution in [3.05, 3.63) is 58.0 Å². The van der Waals surface area contributed by atoms with Crippen LogP contribution in [0.5, 0.6) is 0 Å². The number of nitrogens with zero attached hydrogens (tertiary/aromatic N) is 7. The van der Waals surface area contributed by atoms with E-state index in [0.717, 1.165) is 54.6 Å². The van der Waals surface area contributed by atoms with Crippen LogP contribution in [0, 0.1) is 10.1 Å². The molecule has 2 aliphatic rings. The monoisotopic (exact) mass is 421 g/mol. The van der Waals surface area contributed by atoms with Crippen LogP contribution in [0.15, 0.2) is 36.7 Å². The number of morpholine rings is 1. The lowest BCUT2D eigenvalue weighted by Gasteiger charge is -2.34. The predicted octanol–water partition coefficient (Wildman–Crippen LogP) is 2.18. The second-order valence-electron chi connectivity index (χ2n) is 7.71. The molecular formula is C21H23N7O3. The number of aromatic nitrogens is 4. The molecule has 160 valence electrons. The molecule has 2 aliphatic heterocycles. The van der Waals surface area contributed by atoms with E-state index in [1.54, 1.807) is 18.3 Å². The Labute approximate surface area is 179 Å². The maximum Gasteiger partial charge on any atom is 0.269 e. The van der Waals surface area contributed by atoms with Gasteiger partial charge in [-0.2, -0.15) is 0 Å². The number of imidazole rings is 1. The van der Waals surface area contributed by atoms with Crippen molar-refractivity contribution in [2.45, 2.75) is 13.0 Å². The Hall–Kier alpha value is -3.53. The van der Waals surface area contributed by atoms with Gasteiger partial charge in [0.15, 0.2) is 5.82 Å². The van der Waals surface area contributed by atoms with E-state index in [1.807, 2.05) is 17.8 Å². The van der Waals surface area contributed by atoms with Crippen LogP contribution >= 0.6 is 0 Å². The highest BCUT2D eigenvalue weighted by atomic mass is 16.6. The van der Waals surface area contributed by atoms with Gasteiger partial charge in [0.25, 0.3) is 5.69 Å². The highest BCUT2D eigenvalue weighted by molar-refractivity contribution is 5.63. The van der Waals surface area contributed by atoms with Crippen LogP contribution < -0.4 is 9.80 Å². The minimum atomic E-state index is -0.401. The van der Waals surface area contributed by atoms with E-state index >= 15 is 0 Å². The smallest absolute Gasteiger partial charge is 0.269 e. The largest absolute Gasteiger partial charge is 0.378 e. The molecule has 1 fully saturated rings. The van der Waals surface area contributed by atoms with Crippen LogP contribution in [0.2, 0.25) is 0 Å². The predicted molar refractivity (Wildman–Crippen MR) is 115 cm³/mol. The normalized spacial score (nSPS) is 16.3. The summed E-state index contributed by atoms with van der Waals surface area (Å²) in [6.07, 6.45) is 4.56. The molecule has 10 nitrogen and oxygen atoms in total. The third-order valence-electron chi connectivity index (χ3n) is 5.77. The van der Waals surface area contributed by atoms with Gasteiger partial charge in [-0.3, -0.25) is 10.1 Å². The Kier molecular flexibility index (Phi) is 4.99. The first-order chi connectivity index (χ1) is 15.1. The van der Waals surface area contributed by atoms with Crippen LogP contribution in [-0.2, 0) is 24.8 Å². The fourth-order valence-corrected chi connectivity index (χ4v) is 4.14. The molecule has 5 rings (SSSR count). The second-order valence-corrected chi connectivity index (χ2v) is 7.71. The van der Waals surface area contributed by atoms with Crippen molar-refractivity contribution in [3.8, 4) is 11.4 Å². The fourth-order valence-electron chi connectivity index (χ4n) is 4.14. The summed E-state index contributed by atoms with van der Waals surface area (Å²) in [4.78, 5) is 29.4. The lowest BCUT2D eigenvalue weighted by Crippen LogP contribution is -2.40. The van der Waals surface area contributed by atoms with Crippen LogP contribution in [-0.4, -0.2) is 57.3 Å². The molecular weight excluding hydrogens is 398 g/mol. The summed E-state index contributed by atoms with van der Waals surface area (Å²) in [6.45, 7) is 4.39. The van der Waals surface area contributed by atoms with E-state index in [9.17, 15) is 10.1 Å². The quantitative estimate of drug-likeness (QED) is 0.467. The molecule has 0 radical (unpaired) electrons. The van der Waals surface area contributed by atoms with Crippen LogP contribution in [0.1, 0.15) is 11.3 Å². The van der Waals surface area contributed by atoms with E-state index < -0.39 is 4.92 Å². The molecule has 2 aromatic heterocycles. The van der Waals surface area contributed by atoms with Gasteiger partial charge in [-0.25, -0.2) is 15.0 Å². The molecule has 0 aliphatic carbocycles. The third kappa shape index (κ3) is 3.70. The average Bonchev–Trinajstić information content (AvgIpc) is 3.24. The molecule has 3 aromatic rings. The summed E-state index contributed by atoms with van der Waals surface area (Å²) in [5.74, 6) is 2.44. The summed E-state index contributed by atoms with van der Waals surface area (Å²) >= 11 is 0. The molecule has 0 atom stereocenters. The first-order valence-electron chi connectivity index (χ1n) is 10.3. The minimum absolute atomic E-state index is 0.0519. The first-order valence-corrected chi connectivity index (χ1v) is 10.3. The van der Waals surface area contributed by atoms with Gasteiger partial charge in [-0.1, -0.05) is 0 Å². The van der Waals surface area contributed by atoms with E-state index in [-0.39, 0.29) is 5.69 Å². The van der Waals surface area contributed by atoms with Crippen molar-refractivity contribution in [3.63, 3.8) is 0 Å². The number of non-ortho nitro benzene ring substituents is 1. The lowest BCUT2D eigenvalue weighted by atomic mass is 10.0. The number of anilines is 2. The number of fused-ring (bicyclic) bond motifs is 1. The van der Waals surface area contributed by atoms with Gasteiger partial charge in [0.2, 0.25) is 5.95 Å². The molecule has 0 bridgehead atoms. The van der Waals surface area contributed by atoms with Crippen LogP contribution in [0.3, 0.4) is 0 Å². The highest BCUT2D eigenvalue weighted by Gasteiger charge is 2.27. The Balaban J connectivity index is 1.56. The van der Waals surface area contributed by atoms with Crippen molar-refractivity contribution in [1.82, 2.24) is 19.5 Å². The van der Waals surface area contributed by atoms with Gasteiger partial charge in [0.05, 0.1) is 30.4 Å². The number of aryl methyl sites for hydroxylation is 1. The first kappa shape index (κ1) is 19.4. The van der Waals surface area contributed by atoms with Gasteiger partial charge >= 0.3 is 0 Å². The Bertz CT molecular complexity index is 1110. The standard InChI is InChI=1S/C21H23N7O3/c1-25-9-7-22-21(25)27-8-6-17-18(14-27)23-19(15-2-4-16(5-3-15)28(29)30)24-20(17)26-10-12-31-13-11-26/h2-5,7,9H,6,8,10-14H2,1H3. The molecule has 0 amide bonds. The lowest BCUT2D eigenvalue weighted by molar-refractivity contribution is -0.384. The molecule has 4 heterocycles. The topological polar surface area (TPSA) is 102 Å². The van der Waals surface area contributed by atoms with Crippen LogP contribution in [0.25, 0.3) is 11.4 Å². The molecule has 1 aromatic carbocycles. The van der Waals surface area contributed by atoms with Gasteiger partial charge in [-0.15, -0.1) is 0 Å². The minimum Gasteiger partial charge on any atom is -0.378 e. The van der Waals surface area contributed by atoms with E-state index in [4.69, 9.17) is 14.7 Å². The number of nitro benzene ring substituents is 1. The molecule has 31 heavy (non-hydrogen) atoms. The molecule has 0 spiro atoms. The number of benzene rings is 1. The zero-order valence-electron chi connectivity index (χ0n) is 17.3. The van der Waals surface area contributed by atoms with Crippen LogP contribution in [0.4, 0.5) is 17.5 Å². The fraction of sp³-hybridized carbons (Fsp3) is 0.381. The zero-order chi connectivity index (χ0) is 21.4. The number of rotatable bonds is 4. The van der Waals surface area contributed by atoms with E-state index in [0.29, 0.717) is 25.6 Å². The Morgan fingerprint density at radius 1 is 1.06 bits per heavy atom. The number of hydrogen-bond donors (Lipinski definition) is 0. The Morgan fingerprint density at radius 2 is 1.84 bits per heavy atom. The summed E-state index contributed by atoms with van der Waals surface area (Å²) in [6, 6.07) is 6.41. The summed E-state index contributed by atoms with van der Waals surface area (Å²) in [5, 5.41) is 11.0. The zero-order valence-corrected chi connectivity index (χ0v) is 17.3. The number of ether oxygens (including phenoxy) is 1. The summed E-state index contributed by atoms with van der Waals surface area (Å²) in [5.41, 5.74) is 2.95. The Morgan fingerprint density at radius 3 is 2.52 bits per heavy atom. The third-order valence-corrected chi connectivity index (χ3v) is 5.77. The van der Waals surface area contributed by atoms with Gasteiger partial charge < -0.3 is 19.1 Å². The summed E-state index contributed by atoms with van der Waals surface area (Å²) < 4.78 is 7.53. The van der Waals surface area contributed by atoms with Crippen molar-refractivity contribution < 1.29 is 9.66 Å². The SMILES string of the molecule is Cn1ccnc1N1CCc2c(nc(-c3ccc([N+](=O)[O-])cc3)nc2N2CCOCC2)C1. The molecule has 0 unspecified atom stereocenters. The van der Waals surface area contributed by atoms with Gasteiger partial charge in [-0.05, 0) is 18.6 Å².